The summed E-state index contributed by atoms with van der Waals surface area (Å²) in [5.74, 6) is 2.11. The fraction of sp³-hybridized carbons (Fsp3) is 0.333. The van der Waals surface area contributed by atoms with Crippen molar-refractivity contribution in [2.45, 2.75) is 43.2 Å². The van der Waals surface area contributed by atoms with Crippen molar-refractivity contribution in [3.63, 3.8) is 0 Å². The second-order valence-electron chi connectivity index (χ2n) is 13.5. The Morgan fingerprint density at radius 2 is 1.53 bits per heavy atom. The van der Waals surface area contributed by atoms with E-state index in [1.807, 2.05) is 60.7 Å². The average Bonchev–Trinajstić information content (AvgIpc) is 3.62. The summed E-state index contributed by atoms with van der Waals surface area (Å²) in [6.45, 7) is 3.01. The average molecular weight is 738 g/mol. The van der Waals surface area contributed by atoms with Crippen LogP contribution in [0.5, 0.6) is 11.5 Å². The SMILES string of the molecule is COc1ccc(CNS(=O)(=O)c2c(CC3CCN(C(=O)O)CC3)ccc(-c3ccc(C4CNC4)cc3)c2-c2nnn(Cc3ccc(OC)cc3)n2)cc1. The lowest BCUT2D eigenvalue weighted by Gasteiger charge is -2.30. The number of nitrogens with zero attached hydrogens (tertiary/aromatic N) is 5. The third-order valence-electron chi connectivity index (χ3n) is 10.2. The van der Waals surface area contributed by atoms with Crippen LogP contribution >= 0.6 is 0 Å². The number of tetrazole rings is 1. The van der Waals surface area contributed by atoms with Gasteiger partial charge in [-0.2, -0.15) is 4.80 Å². The van der Waals surface area contributed by atoms with Crippen molar-refractivity contribution in [2.24, 2.45) is 5.92 Å². The zero-order chi connectivity index (χ0) is 37.0. The first-order valence-electron chi connectivity index (χ1n) is 17.7. The molecule has 1 aromatic heterocycles. The van der Waals surface area contributed by atoms with Crippen molar-refractivity contribution in [2.75, 3.05) is 40.4 Å². The Hall–Kier alpha value is -5.31. The maximum atomic E-state index is 14.7. The van der Waals surface area contributed by atoms with Gasteiger partial charge in [0.25, 0.3) is 0 Å². The molecule has 53 heavy (non-hydrogen) atoms. The van der Waals surface area contributed by atoms with Crippen molar-refractivity contribution < 1.29 is 27.8 Å². The lowest BCUT2D eigenvalue weighted by atomic mass is 9.87. The van der Waals surface area contributed by atoms with Crippen LogP contribution in [-0.4, -0.2) is 85.1 Å². The smallest absolute Gasteiger partial charge is 0.407 e. The number of sulfonamides is 1. The van der Waals surface area contributed by atoms with Crippen molar-refractivity contribution in [3.8, 4) is 34.0 Å². The van der Waals surface area contributed by atoms with Gasteiger partial charge >= 0.3 is 6.09 Å². The van der Waals surface area contributed by atoms with E-state index in [4.69, 9.17) is 14.6 Å². The first kappa shape index (κ1) is 36.1. The molecular formula is C39H43N7O6S. The van der Waals surface area contributed by atoms with Crippen molar-refractivity contribution in [1.29, 1.82) is 0 Å². The van der Waals surface area contributed by atoms with Gasteiger partial charge in [0, 0.05) is 38.6 Å². The van der Waals surface area contributed by atoms with E-state index >= 15 is 0 Å². The predicted molar refractivity (Wildman–Crippen MR) is 199 cm³/mol. The van der Waals surface area contributed by atoms with Crippen LogP contribution in [0.25, 0.3) is 22.5 Å². The van der Waals surface area contributed by atoms with Crippen LogP contribution < -0.4 is 19.5 Å². The van der Waals surface area contributed by atoms with Gasteiger partial charge in [0.1, 0.15) is 11.5 Å². The molecule has 2 aliphatic heterocycles. The number of nitrogens with one attached hydrogen (secondary N) is 2. The number of hydrogen-bond donors (Lipinski definition) is 3. The van der Waals surface area contributed by atoms with E-state index in [1.165, 1.54) is 15.3 Å². The van der Waals surface area contributed by atoms with Gasteiger partial charge in [0.2, 0.25) is 15.8 Å². The number of amides is 1. The number of benzene rings is 4. The Morgan fingerprint density at radius 3 is 2.11 bits per heavy atom. The second-order valence-corrected chi connectivity index (χ2v) is 15.2. The second kappa shape index (κ2) is 15.7. The summed E-state index contributed by atoms with van der Waals surface area (Å²) >= 11 is 0. The summed E-state index contributed by atoms with van der Waals surface area (Å²) in [4.78, 5) is 14.6. The molecule has 7 rings (SSSR count). The van der Waals surface area contributed by atoms with E-state index in [9.17, 15) is 18.3 Å². The summed E-state index contributed by atoms with van der Waals surface area (Å²) in [6, 6.07) is 26.9. The van der Waals surface area contributed by atoms with E-state index in [0.717, 1.165) is 35.5 Å². The zero-order valence-corrected chi connectivity index (χ0v) is 30.6. The van der Waals surface area contributed by atoms with Gasteiger partial charge in [-0.1, -0.05) is 60.7 Å². The summed E-state index contributed by atoms with van der Waals surface area (Å²) in [5, 5.41) is 26.5. The third kappa shape index (κ3) is 8.19. The Morgan fingerprint density at radius 1 is 0.887 bits per heavy atom. The lowest BCUT2D eigenvalue weighted by molar-refractivity contribution is 0.124. The molecule has 0 unspecified atom stereocenters. The number of methoxy groups -OCH3 is 2. The Balaban J connectivity index is 1.32. The number of likely N-dealkylation sites (tertiary alicyclic amines) is 1. The third-order valence-corrected chi connectivity index (χ3v) is 11.7. The Labute approximate surface area is 309 Å². The number of ether oxygens (including phenoxy) is 2. The number of aromatic nitrogens is 4. The Kier molecular flexibility index (Phi) is 10.7. The molecule has 5 aromatic rings. The first-order valence-corrected chi connectivity index (χ1v) is 19.2. The molecule has 3 heterocycles. The van der Waals surface area contributed by atoms with Crippen LogP contribution in [0.4, 0.5) is 4.79 Å². The van der Waals surface area contributed by atoms with Gasteiger partial charge in [-0.3, -0.25) is 0 Å². The maximum Gasteiger partial charge on any atom is 0.407 e. The minimum absolute atomic E-state index is 0.0497. The van der Waals surface area contributed by atoms with Crippen LogP contribution in [0.2, 0.25) is 0 Å². The zero-order valence-electron chi connectivity index (χ0n) is 29.7. The summed E-state index contributed by atoms with van der Waals surface area (Å²) in [7, 11) is -0.994. The minimum atomic E-state index is -4.19. The van der Waals surface area contributed by atoms with E-state index in [2.05, 4.69) is 32.5 Å². The molecule has 0 atom stereocenters. The van der Waals surface area contributed by atoms with Crippen LogP contribution in [0.15, 0.2) is 89.8 Å². The van der Waals surface area contributed by atoms with E-state index in [0.29, 0.717) is 67.3 Å². The standard InChI is InChI=1S/C39H43N7O6S/c1-51-33-12-3-27(4-13-33)22-41-53(49,50)37-31(21-26-17-19-45(20-18-26)39(47)48)11-16-35(30-9-7-29(8-10-30)32-23-40-24-32)36(37)38-42-44-46(43-38)25-28-5-14-34(52-2)15-6-28/h3-16,26,32,40-41H,17-25H2,1-2H3,(H,47,48). The van der Waals surface area contributed by atoms with Crippen LogP contribution in [0, 0.1) is 5.92 Å². The number of carbonyl (C=O) groups is 1. The van der Waals surface area contributed by atoms with Gasteiger partial charge in [-0.15, -0.1) is 10.2 Å². The highest BCUT2D eigenvalue weighted by Crippen LogP contribution is 2.40. The van der Waals surface area contributed by atoms with Gasteiger partial charge in [0.05, 0.1) is 31.2 Å². The highest BCUT2D eigenvalue weighted by atomic mass is 32.2. The summed E-state index contributed by atoms with van der Waals surface area (Å²) in [6.07, 6.45) is 0.739. The van der Waals surface area contributed by atoms with Crippen LogP contribution in [0.1, 0.15) is 41.0 Å². The predicted octanol–water partition coefficient (Wildman–Crippen LogP) is 5.17. The largest absolute Gasteiger partial charge is 0.497 e. The van der Waals surface area contributed by atoms with E-state index in [1.54, 1.807) is 26.4 Å². The Bertz CT molecular complexity index is 2140. The molecule has 0 aliphatic carbocycles. The molecule has 2 saturated heterocycles. The molecular weight excluding hydrogens is 695 g/mol. The lowest BCUT2D eigenvalue weighted by Crippen LogP contribution is -2.39. The molecule has 2 fully saturated rings. The molecule has 13 nitrogen and oxygen atoms in total. The molecule has 276 valence electrons. The highest BCUT2D eigenvalue weighted by molar-refractivity contribution is 7.89. The highest BCUT2D eigenvalue weighted by Gasteiger charge is 2.31. The van der Waals surface area contributed by atoms with Gasteiger partial charge < -0.3 is 24.8 Å². The van der Waals surface area contributed by atoms with E-state index < -0.39 is 16.1 Å². The number of carboxylic acid groups (broad SMARTS) is 1. The monoisotopic (exact) mass is 737 g/mol. The van der Waals surface area contributed by atoms with Crippen LogP contribution in [0.3, 0.4) is 0 Å². The molecule has 0 radical (unpaired) electrons. The molecule has 14 heteroatoms. The number of hydrogen-bond acceptors (Lipinski definition) is 9. The topological polar surface area (TPSA) is 161 Å². The summed E-state index contributed by atoms with van der Waals surface area (Å²) < 4.78 is 42.9. The van der Waals surface area contributed by atoms with Gasteiger partial charge in [-0.05, 0) is 88.0 Å². The molecule has 0 saturated carbocycles. The fourth-order valence-electron chi connectivity index (χ4n) is 6.95. The first-order chi connectivity index (χ1) is 25.7. The van der Waals surface area contributed by atoms with Crippen molar-refractivity contribution in [3.05, 3.63) is 107 Å². The fourth-order valence-corrected chi connectivity index (χ4v) is 8.42. The molecule has 3 N–H and O–H groups in total. The van der Waals surface area contributed by atoms with Crippen LogP contribution in [-0.2, 0) is 29.5 Å². The molecule has 0 bridgehead atoms. The maximum absolute atomic E-state index is 14.7. The number of rotatable bonds is 13. The molecule has 2 aliphatic rings. The normalized spacial score (nSPS) is 15.2. The number of piperidine rings is 1. The molecule has 0 spiro atoms. The summed E-state index contributed by atoms with van der Waals surface area (Å²) in [5.41, 5.74) is 5.38. The molecule has 1 amide bonds. The minimum Gasteiger partial charge on any atom is -0.497 e. The van der Waals surface area contributed by atoms with Crippen molar-refractivity contribution in [1.82, 2.24) is 35.1 Å². The van der Waals surface area contributed by atoms with Crippen molar-refractivity contribution >= 4 is 16.1 Å². The van der Waals surface area contributed by atoms with E-state index in [-0.39, 0.29) is 23.2 Å². The molecule has 4 aromatic carbocycles. The van der Waals surface area contributed by atoms with Gasteiger partial charge in [-0.25, -0.2) is 17.9 Å². The quantitative estimate of drug-likeness (QED) is 0.147. The van der Waals surface area contributed by atoms with Gasteiger partial charge in [0.15, 0.2) is 0 Å².